The van der Waals surface area contributed by atoms with Gasteiger partial charge >= 0.3 is 11.8 Å². The Balaban J connectivity index is 2.98. The number of carbonyl (C=O) groups is 1. The number of rotatable bonds is 7. The van der Waals surface area contributed by atoms with Gasteiger partial charge in [0.05, 0.1) is 6.42 Å². The van der Waals surface area contributed by atoms with Gasteiger partial charge in [0, 0.05) is 12.1 Å². The first kappa shape index (κ1) is 17.0. The number of hydrogen-bond acceptors (Lipinski definition) is 6. The number of nitrogens with zero attached hydrogens (tertiary/aromatic N) is 2. The van der Waals surface area contributed by atoms with Gasteiger partial charge in [0.25, 0.3) is 0 Å². The van der Waals surface area contributed by atoms with Crippen LogP contribution in [0.15, 0.2) is 23.2 Å². The lowest BCUT2D eigenvalue weighted by Crippen LogP contribution is -2.40. The molecule has 10 heteroatoms. The fourth-order valence-electron chi connectivity index (χ4n) is 1.51. The molecular formula is C11H15N3O6S. The van der Waals surface area contributed by atoms with Crippen LogP contribution in [0.3, 0.4) is 0 Å². The van der Waals surface area contributed by atoms with Gasteiger partial charge in [-0.05, 0) is 21.9 Å². The lowest BCUT2D eigenvalue weighted by molar-refractivity contribution is -0.389. The van der Waals surface area contributed by atoms with Crippen LogP contribution < -0.4 is 4.72 Å². The normalized spacial score (nSPS) is 13.1. The highest BCUT2D eigenvalue weighted by molar-refractivity contribution is 7.89. The number of aromatic nitrogens is 1. The molecule has 0 aromatic carbocycles. The van der Waals surface area contributed by atoms with E-state index >= 15 is 0 Å². The van der Waals surface area contributed by atoms with Crippen molar-refractivity contribution >= 4 is 21.8 Å². The number of nitro groups is 1. The Kier molecular flexibility index (Phi) is 5.33. The van der Waals surface area contributed by atoms with Crippen LogP contribution in [0, 0.1) is 16.0 Å². The van der Waals surface area contributed by atoms with Crippen LogP contribution in [0.5, 0.6) is 0 Å². The average molecular weight is 317 g/mol. The van der Waals surface area contributed by atoms with E-state index in [1.807, 2.05) is 0 Å². The molecule has 0 saturated carbocycles. The number of sulfonamides is 1. The molecule has 1 aromatic heterocycles. The van der Waals surface area contributed by atoms with Crippen LogP contribution in [-0.4, -0.2) is 35.4 Å². The second kappa shape index (κ2) is 6.59. The third-order valence-corrected chi connectivity index (χ3v) is 4.20. The molecular weight excluding hydrogens is 302 g/mol. The molecule has 9 nitrogen and oxygen atoms in total. The summed E-state index contributed by atoms with van der Waals surface area (Å²) in [4.78, 5) is 23.6. The van der Waals surface area contributed by atoms with E-state index in [9.17, 15) is 23.3 Å². The minimum atomic E-state index is -3.99. The van der Waals surface area contributed by atoms with Gasteiger partial charge in [-0.25, -0.2) is 13.1 Å². The van der Waals surface area contributed by atoms with Gasteiger partial charge in [0.2, 0.25) is 10.0 Å². The third kappa shape index (κ3) is 4.76. The first-order chi connectivity index (χ1) is 9.63. The molecule has 0 radical (unpaired) electrons. The largest absolute Gasteiger partial charge is 0.481 e. The Hall–Kier alpha value is -2.07. The van der Waals surface area contributed by atoms with Crippen molar-refractivity contribution in [1.29, 1.82) is 0 Å². The highest BCUT2D eigenvalue weighted by Crippen LogP contribution is 2.15. The van der Waals surface area contributed by atoms with Crippen LogP contribution >= 0.6 is 0 Å². The predicted molar refractivity (Wildman–Crippen MR) is 72.1 cm³/mol. The summed E-state index contributed by atoms with van der Waals surface area (Å²) in [6.07, 6.45) is 0.496. The van der Waals surface area contributed by atoms with Crippen LogP contribution in [0.4, 0.5) is 5.82 Å². The smallest absolute Gasteiger partial charge is 0.363 e. The zero-order valence-electron chi connectivity index (χ0n) is 11.4. The molecule has 0 amide bonds. The number of hydrogen-bond donors (Lipinski definition) is 2. The standard InChI is InChI=1S/C11H15N3O6S/c1-7(2)9(5-11(15)16)13-21(19,20)8-3-4-10(12-6-8)14(17)18/h3-4,6-7,9,13H,5H2,1-2H3,(H,15,16). The molecule has 0 aliphatic rings. The SMILES string of the molecule is CC(C)C(CC(=O)O)NS(=O)(=O)c1ccc([N+](=O)[O-])nc1. The highest BCUT2D eigenvalue weighted by atomic mass is 32.2. The number of aliphatic carboxylic acids is 1. The maximum atomic E-state index is 12.1. The van der Waals surface area contributed by atoms with E-state index in [0.29, 0.717) is 0 Å². The summed E-state index contributed by atoms with van der Waals surface area (Å²) in [6.45, 7) is 3.37. The van der Waals surface area contributed by atoms with Gasteiger partial charge in [0.15, 0.2) is 6.20 Å². The van der Waals surface area contributed by atoms with Crippen LogP contribution in [-0.2, 0) is 14.8 Å². The van der Waals surface area contributed by atoms with Crippen molar-refractivity contribution in [3.05, 3.63) is 28.4 Å². The summed E-state index contributed by atoms with van der Waals surface area (Å²) >= 11 is 0. The summed E-state index contributed by atoms with van der Waals surface area (Å²) in [5, 5.41) is 19.2. The van der Waals surface area contributed by atoms with E-state index < -0.39 is 32.8 Å². The van der Waals surface area contributed by atoms with Crippen LogP contribution in [0.25, 0.3) is 0 Å². The first-order valence-electron chi connectivity index (χ1n) is 5.98. The topological polar surface area (TPSA) is 140 Å². The molecule has 0 saturated heterocycles. The van der Waals surface area contributed by atoms with E-state index in [0.717, 1.165) is 18.3 Å². The Morgan fingerprint density at radius 1 is 1.48 bits per heavy atom. The summed E-state index contributed by atoms with van der Waals surface area (Å²) in [7, 11) is -3.99. The molecule has 1 unspecified atom stereocenters. The monoisotopic (exact) mass is 317 g/mol. The van der Waals surface area contributed by atoms with Crippen molar-refractivity contribution in [2.75, 3.05) is 0 Å². The molecule has 0 fully saturated rings. The summed E-state index contributed by atoms with van der Waals surface area (Å²) < 4.78 is 26.5. The highest BCUT2D eigenvalue weighted by Gasteiger charge is 2.26. The zero-order chi connectivity index (χ0) is 16.2. The maximum Gasteiger partial charge on any atom is 0.363 e. The van der Waals surface area contributed by atoms with Crippen LogP contribution in [0.2, 0.25) is 0 Å². The van der Waals surface area contributed by atoms with Crippen molar-refractivity contribution in [3.63, 3.8) is 0 Å². The summed E-state index contributed by atoms with van der Waals surface area (Å²) in [5.41, 5.74) is 0. The fraction of sp³-hybridized carbons (Fsp3) is 0.455. The van der Waals surface area contributed by atoms with Crippen molar-refractivity contribution in [2.45, 2.75) is 31.2 Å². The van der Waals surface area contributed by atoms with E-state index in [1.54, 1.807) is 13.8 Å². The van der Waals surface area contributed by atoms with Gasteiger partial charge in [-0.1, -0.05) is 13.8 Å². The van der Waals surface area contributed by atoms with Crippen molar-refractivity contribution in [1.82, 2.24) is 9.71 Å². The van der Waals surface area contributed by atoms with Gasteiger partial charge in [-0.2, -0.15) is 0 Å². The number of pyridine rings is 1. The summed E-state index contributed by atoms with van der Waals surface area (Å²) in [5.74, 6) is -1.83. The first-order valence-corrected chi connectivity index (χ1v) is 7.46. The minimum absolute atomic E-state index is 0.234. The molecule has 1 aromatic rings. The third-order valence-electron chi connectivity index (χ3n) is 2.72. The van der Waals surface area contributed by atoms with E-state index in [1.165, 1.54) is 0 Å². The molecule has 1 heterocycles. The molecule has 21 heavy (non-hydrogen) atoms. The van der Waals surface area contributed by atoms with Crippen molar-refractivity contribution < 1.29 is 23.2 Å². The molecule has 0 aliphatic carbocycles. The van der Waals surface area contributed by atoms with Gasteiger partial charge in [-0.3, -0.25) is 4.79 Å². The predicted octanol–water partition coefficient (Wildman–Crippen LogP) is 0.767. The van der Waals surface area contributed by atoms with Crippen molar-refractivity contribution in [3.8, 4) is 0 Å². The Bertz CT molecular complexity index is 626. The average Bonchev–Trinajstić information content (AvgIpc) is 2.37. The molecule has 1 rings (SSSR count). The number of carboxylic acid groups (broad SMARTS) is 1. The van der Waals surface area contributed by atoms with E-state index in [-0.39, 0.29) is 17.2 Å². The Labute approximate surface area is 121 Å². The van der Waals surface area contributed by atoms with E-state index in [2.05, 4.69) is 9.71 Å². The zero-order valence-corrected chi connectivity index (χ0v) is 12.2. The van der Waals surface area contributed by atoms with E-state index in [4.69, 9.17) is 5.11 Å². The molecule has 116 valence electrons. The molecule has 0 aliphatic heterocycles. The van der Waals surface area contributed by atoms with Gasteiger partial charge in [-0.15, -0.1) is 0 Å². The number of nitrogens with one attached hydrogen (secondary N) is 1. The fourth-order valence-corrected chi connectivity index (χ4v) is 2.84. The Morgan fingerprint density at radius 3 is 2.48 bits per heavy atom. The second-order valence-corrected chi connectivity index (χ2v) is 6.39. The van der Waals surface area contributed by atoms with Gasteiger partial charge in [0.1, 0.15) is 4.90 Å². The maximum absolute atomic E-state index is 12.1. The molecule has 0 spiro atoms. The van der Waals surface area contributed by atoms with Crippen molar-refractivity contribution in [2.24, 2.45) is 5.92 Å². The lowest BCUT2D eigenvalue weighted by atomic mass is 10.0. The minimum Gasteiger partial charge on any atom is -0.481 e. The quantitative estimate of drug-likeness (QED) is 0.559. The molecule has 1 atom stereocenters. The number of carboxylic acids is 1. The second-order valence-electron chi connectivity index (χ2n) is 4.68. The molecule has 2 N–H and O–H groups in total. The van der Waals surface area contributed by atoms with Crippen LogP contribution in [0.1, 0.15) is 20.3 Å². The summed E-state index contributed by atoms with van der Waals surface area (Å²) in [6, 6.07) is 1.23. The molecule has 0 bridgehead atoms. The Morgan fingerprint density at radius 2 is 2.10 bits per heavy atom. The lowest BCUT2D eigenvalue weighted by Gasteiger charge is -2.20. The van der Waals surface area contributed by atoms with Gasteiger partial charge < -0.3 is 15.2 Å².